The molecule has 0 unspecified atom stereocenters. The van der Waals surface area contributed by atoms with Crippen LogP contribution in [0.5, 0.6) is 11.5 Å². The summed E-state index contributed by atoms with van der Waals surface area (Å²) in [6.07, 6.45) is 10.2. The van der Waals surface area contributed by atoms with Gasteiger partial charge in [0, 0.05) is 26.9 Å². The number of likely N-dealkylation sites (N-methyl/N-ethyl adjacent to an activating group) is 2. The molecule has 0 aliphatic carbocycles. The molecule has 64 heavy (non-hydrogen) atoms. The van der Waals surface area contributed by atoms with Crippen molar-refractivity contribution >= 4 is 23.6 Å². The molecule has 4 amide bonds. The quantitative estimate of drug-likeness (QED) is 0.197. The summed E-state index contributed by atoms with van der Waals surface area (Å²) in [7, 11) is 3.29. The Morgan fingerprint density at radius 3 is 1.19 bits per heavy atom. The van der Waals surface area contributed by atoms with Crippen molar-refractivity contribution in [2.24, 2.45) is 11.8 Å². The number of nitrogens with one attached hydrogen (secondary N) is 2. The number of fused-ring (bicyclic) bond motifs is 2. The van der Waals surface area contributed by atoms with Gasteiger partial charge in [0.2, 0.25) is 11.8 Å². The zero-order chi connectivity index (χ0) is 46.5. The Hall–Kier alpha value is -6.30. The van der Waals surface area contributed by atoms with E-state index in [9.17, 15) is 28.0 Å². The molecule has 2 aliphatic rings. The van der Waals surface area contributed by atoms with Gasteiger partial charge in [-0.2, -0.15) is 0 Å². The predicted molar refractivity (Wildman–Crippen MR) is 246 cm³/mol. The molecule has 12 heteroatoms. The number of hydrogen-bond donors (Lipinski definition) is 2. The van der Waals surface area contributed by atoms with Crippen LogP contribution in [-0.2, 0) is 9.59 Å². The molecule has 0 bridgehead atoms. The SMILES string of the molecule is CC(C)[C@H]1C(=O)N[C@H](c2ccc(F)cc2)C/C=C/C[C@H](C)Oc2ccccc2C(=O)N1C.CC(C)[C@H]1C(=O)N[C@H](c2ccc(F)cc2)C/C=C\C[C@H](C)Oc2ccccc2C(=O)N1C. The summed E-state index contributed by atoms with van der Waals surface area (Å²) in [5.74, 6) is -0.909. The van der Waals surface area contributed by atoms with Gasteiger partial charge in [-0.15, -0.1) is 0 Å². The predicted octanol–water partition coefficient (Wildman–Crippen LogP) is 9.79. The minimum absolute atomic E-state index is 0.117. The summed E-state index contributed by atoms with van der Waals surface area (Å²) in [6, 6.07) is 24.5. The third-order valence-corrected chi connectivity index (χ3v) is 11.4. The molecule has 4 aromatic carbocycles. The van der Waals surface area contributed by atoms with Crippen LogP contribution >= 0.6 is 0 Å². The lowest BCUT2D eigenvalue weighted by atomic mass is 9.98. The Morgan fingerprint density at radius 1 is 0.516 bits per heavy atom. The smallest absolute Gasteiger partial charge is 0.258 e. The first-order chi connectivity index (χ1) is 30.5. The number of benzene rings is 4. The highest BCUT2D eigenvalue weighted by Gasteiger charge is 2.34. The minimum Gasteiger partial charge on any atom is -0.490 e. The van der Waals surface area contributed by atoms with E-state index in [1.165, 1.54) is 34.1 Å². The highest BCUT2D eigenvalue weighted by Crippen LogP contribution is 2.28. The van der Waals surface area contributed by atoms with Gasteiger partial charge in [0.1, 0.15) is 35.2 Å². The molecule has 2 heterocycles. The number of halogens is 2. The highest BCUT2D eigenvalue weighted by molar-refractivity contribution is 6.00. The van der Waals surface area contributed by atoms with Gasteiger partial charge in [-0.1, -0.05) is 101 Å². The van der Waals surface area contributed by atoms with Crippen LogP contribution in [0.4, 0.5) is 8.78 Å². The normalized spacial score (nSPS) is 23.7. The Kier molecular flexibility index (Phi) is 17.4. The van der Waals surface area contributed by atoms with Crippen LogP contribution in [0.3, 0.4) is 0 Å². The molecule has 0 fully saturated rings. The van der Waals surface area contributed by atoms with Crippen molar-refractivity contribution < 1.29 is 37.4 Å². The summed E-state index contributed by atoms with van der Waals surface area (Å²) in [4.78, 5) is 56.4. The van der Waals surface area contributed by atoms with Crippen molar-refractivity contribution in [3.63, 3.8) is 0 Å². The number of rotatable bonds is 4. The molecule has 0 radical (unpaired) electrons. The van der Waals surface area contributed by atoms with Crippen LogP contribution in [0, 0.1) is 23.5 Å². The van der Waals surface area contributed by atoms with E-state index in [1.807, 2.05) is 78.0 Å². The standard InChI is InChI=1S/2C26H31FN2O3/c2*1-17(2)24-25(30)28-22(19-13-15-20(27)16-14-19)11-7-5-9-18(3)32-23-12-8-6-10-21(23)26(31)29(24)4/h2*5-8,10,12-18,22,24H,9,11H2,1-4H3,(H,28,30)/b7-5+;7-5-/t2*18-,22-,24-/m00/s1. The monoisotopic (exact) mass is 876 g/mol. The lowest BCUT2D eigenvalue weighted by Gasteiger charge is -2.32. The van der Waals surface area contributed by atoms with E-state index < -0.39 is 12.1 Å². The summed E-state index contributed by atoms with van der Waals surface area (Å²) >= 11 is 0. The number of carbonyl (C=O) groups excluding carboxylic acids is 4. The van der Waals surface area contributed by atoms with Gasteiger partial charge in [-0.3, -0.25) is 19.2 Å². The van der Waals surface area contributed by atoms with Crippen LogP contribution in [0.25, 0.3) is 0 Å². The van der Waals surface area contributed by atoms with Gasteiger partial charge in [-0.25, -0.2) is 8.78 Å². The van der Waals surface area contributed by atoms with Gasteiger partial charge >= 0.3 is 0 Å². The largest absolute Gasteiger partial charge is 0.490 e. The first kappa shape index (κ1) is 48.7. The van der Waals surface area contributed by atoms with Gasteiger partial charge in [0.05, 0.1) is 35.4 Å². The average molecular weight is 877 g/mol. The van der Waals surface area contributed by atoms with Crippen LogP contribution in [0.15, 0.2) is 121 Å². The van der Waals surface area contributed by atoms with Gasteiger partial charge in [0.15, 0.2) is 0 Å². The second kappa shape index (κ2) is 22.9. The first-order valence-corrected chi connectivity index (χ1v) is 22.0. The Morgan fingerprint density at radius 2 is 0.844 bits per heavy atom. The molecule has 0 saturated heterocycles. The van der Waals surface area contributed by atoms with E-state index in [0.717, 1.165) is 11.1 Å². The van der Waals surface area contributed by atoms with Crippen LogP contribution in [-0.4, -0.2) is 71.8 Å². The third-order valence-electron chi connectivity index (χ3n) is 11.4. The summed E-state index contributed by atoms with van der Waals surface area (Å²) in [5.41, 5.74) is 2.47. The van der Waals surface area contributed by atoms with Crippen molar-refractivity contribution in [1.82, 2.24) is 20.4 Å². The molecule has 6 rings (SSSR count). The molecule has 0 spiro atoms. The van der Waals surface area contributed by atoms with E-state index >= 15 is 0 Å². The fourth-order valence-electron chi connectivity index (χ4n) is 8.01. The molecule has 2 aliphatic heterocycles. The van der Waals surface area contributed by atoms with Crippen molar-refractivity contribution in [3.05, 3.63) is 155 Å². The van der Waals surface area contributed by atoms with E-state index in [2.05, 4.69) is 10.6 Å². The van der Waals surface area contributed by atoms with Crippen molar-refractivity contribution in [3.8, 4) is 11.5 Å². The van der Waals surface area contributed by atoms with E-state index in [-0.39, 0.29) is 71.4 Å². The fourth-order valence-corrected chi connectivity index (χ4v) is 8.01. The van der Waals surface area contributed by atoms with Crippen LogP contribution < -0.4 is 20.1 Å². The Balaban J connectivity index is 0.000000241. The van der Waals surface area contributed by atoms with Crippen LogP contribution in [0.2, 0.25) is 0 Å². The number of nitrogens with zero attached hydrogens (tertiary/aromatic N) is 2. The number of para-hydroxylation sites is 2. The fraction of sp³-hybridized carbons (Fsp3) is 0.385. The van der Waals surface area contributed by atoms with Gasteiger partial charge in [-0.05, 0) is 98.2 Å². The molecule has 6 atom stereocenters. The minimum atomic E-state index is -0.678. The molecule has 2 N–H and O–H groups in total. The van der Waals surface area contributed by atoms with E-state index in [0.29, 0.717) is 48.3 Å². The van der Waals surface area contributed by atoms with E-state index in [1.54, 1.807) is 74.8 Å². The molecule has 10 nitrogen and oxygen atoms in total. The molecule has 0 saturated carbocycles. The van der Waals surface area contributed by atoms with Crippen molar-refractivity contribution in [2.75, 3.05) is 14.1 Å². The molecule has 4 aromatic rings. The summed E-state index contributed by atoms with van der Waals surface area (Å²) in [6.45, 7) is 11.6. The van der Waals surface area contributed by atoms with Gasteiger partial charge in [0.25, 0.3) is 11.8 Å². The summed E-state index contributed by atoms with van der Waals surface area (Å²) in [5, 5.41) is 6.17. The van der Waals surface area contributed by atoms with E-state index in [4.69, 9.17) is 9.47 Å². The second-order valence-electron chi connectivity index (χ2n) is 17.2. The maximum atomic E-state index is 13.4. The summed E-state index contributed by atoms with van der Waals surface area (Å²) < 4.78 is 39.0. The number of carbonyl (C=O) groups is 4. The number of amides is 4. The highest BCUT2D eigenvalue weighted by atomic mass is 19.1. The molecule has 340 valence electrons. The number of hydrogen-bond acceptors (Lipinski definition) is 6. The second-order valence-corrected chi connectivity index (χ2v) is 17.2. The number of ether oxygens (including phenoxy) is 2. The third kappa shape index (κ3) is 12.9. The molecular weight excluding hydrogens is 815 g/mol. The topological polar surface area (TPSA) is 117 Å². The maximum absolute atomic E-state index is 13.4. The van der Waals surface area contributed by atoms with Crippen LogP contribution in [0.1, 0.15) is 111 Å². The molecule has 0 aromatic heterocycles. The Labute approximate surface area is 376 Å². The lowest BCUT2D eigenvalue weighted by molar-refractivity contribution is -0.128. The first-order valence-electron chi connectivity index (χ1n) is 22.0. The Bertz CT molecular complexity index is 2100. The van der Waals surface area contributed by atoms with Crippen molar-refractivity contribution in [1.29, 1.82) is 0 Å². The zero-order valence-corrected chi connectivity index (χ0v) is 38.1. The lowest BCUT2D eigenvalue weighted by Crippen LogP contribution is -2.51. The molecular formula is C52H62F2N4O6. The van der Waals surface area contributed by atoms with Gasteiger partial charge < -0.3 is 29.9 Å². The average Bonchev–Trinajstić information content (AvgIpc) is 3.25. The zero-order valence-electron chi connectivity index (χ0n) is 38.1. The maximum Gasteiger partial charge on any atom is 0.258 e. The van der Waals surface area contributed by atoms with Crippen molar-refractivity contribution in [2.45, 2.75) is 104 Å².